The summed E-state index contributed by atoms with van der Waals surface area (Å²) in [6.45, 7) is 0. The van der Waals surface area contributed by atoms with E-state index < -0.39 is 0 Å². The van der Waals surface area contributed by atoms with Crippen LogP contribution in [0.1, 0.15) is 87.0 Å². The molecule has 40 heavy (non-hydrogen) atoms. The van der Waals surface area contributed by atoms with E-state index in [1.165, 1.54) is 62.5 Å². The SMILES string of the molecule is c1cc2nc(CCCCc3nc4ccc(C5=N[C@H]6CCCC[C@H]6N5)cc4[nH]3)[nH]c2cc1C1=N[C@@H]2CCCC[C@@H]2N1. The molecule has 2 aliphatic heterocycles. The largest absolute Gasteiger partial charge is 0.365 e. The highest BCUT2D eigenvalue weighted by Crippen LogP contribution is 2.28. The highest BCUT2D eigenvalue weighted by molar-refractivity contribution is 6.03. The molecule has 0 amide bonds. The monoisotopic (exact) mass is 534 g/mol. The van der Waals surface area contributed by atoms with Gasteiger partial charge >= 0.3 is 0 Å². The number of aromatic nitrogens is 4. The Bertz CT molecular complexity index is 1490. The molecule has 0 saturated heterocycles. The first-order chi connectivity index (χ1) is 19.7. The highest BCUT2D eigenvalue weighted by Gasteiger charge is 2.32. The maximum atomic E-state index is 4.99. The van der Waals surface area contributed by atoms with E-state index in [-0.39, 0.29) is 0 Å². The molecule has 8 nitrogen and oxygen atoms in total. The summed E-state index contributed by atoms with van der Waals surface area (Å²) >= 11 is 0. The van der Waals surface area contributed by atoms with Gasteiger partial charge in [-0.2, -0.15) is 0 Å². The Balaban J connectivity index is 0.882. The second kappa shape index (κ2) is 10.1. The predicted octanol–water partition coefficient (Wildman–Crippen LogP) is 5.33. The molecular formula is C32H38N8. The standard InChI is InChI=1S/C32H38N8/c1-2-8-22-21(7-1)37-31(38-22)19-13-15-25-27(17-19)35-29(33-25)11-5-6-12-30-34-26-16-14-20(18-28(26)36-30)32-39-23-9-3-4-10-24(23)40-32/h13-18,21-24H,1-12H2,(H,33,35)(H,34,36)(H,37,38)(H,39,40)/t21-,22+,23-,24+. The van der Waals surface area contributed by atoms with E-state index in [2.05, 4.69) is 57.0 Å². The van der Waals surface area contributed by atoms with Gasteiger partial charge < -0.3 is 20.6 Å². The van der Waals surface area contributed by atoms with Crippen molar-refractivity contribution in [1.29, 1.82) is 0 Å². The Hall–Kier alpha value is -3.68. The lowest BCUT2D eigenvalue weighted by atomic mass is 9.92. The van der Waals surface area contributed by atoms with Crippen molar-refractivity contribution in [2.75, 3.05) is 0 Å². The Morgan fingerprint density at radius 3 is 1.55 bits per heavy atom. The van der Waals surface area contributed by atoms with Gasteiger partial charge in [0.25, 0.3) is 0 Å². The minimum absolute atomic E-state index is 0.452. The number of nitrogens with one attached hydrogen (secondary N) is 4. The van der Waals surface area contributed by atoms with Gasteiger partial charge in [0.05, 0.1) is 34.2 Å². The molecule has 2 aromatic carbocycles. The lowest BCUT2D eigenvalue weighted by molar-refractivity contribution is 0.385. The second-order valence-corrected chi connectivity index (χ2v) is 12.2. The summed E-state index contributed by atoms with van der Waals surface area (Å²) in [5, 5.41) is 7.35. The molecule has 206 valence electrons. The zero-order valence-corrected chi connectivity index (χ0v) is 23.0. The molecule has 0 radical (unpaired) electrons. The average molecular weight is 535 g/mol. The molecular weight excluding hydrogens is 496 g/mol. The van der Waals surface area contributed by atoms with E-state index >= 15 is 0 Å². The van der Waals surface area contributed by atoms with Gasteiger partial charge in [-0.05, 0) is 74.9 Å². The topological polar surface area (TPSA) is 106 Å². The minimum Gasteiger partial charge on any atom is -0.365 e. The summed E-state index contributed by atoms with van der Waals surface area (Å²) in [7, 11) is 0. The van der Waals surface area contributed by atoms with Crippen molar-refractivity contribution in [3.8, 4) is 0 Å². The van der Waals surface area contributed by atoms with Crippen molar-refractivity contribution in [3.05, 3.63) is 59.2 Å². The molecule has 8 rings (SSSR count). The van der Waals surface area contributed by atoms with Gasteiger partial charge in [0, 0.05) is 36.1 Å². The summed E-state index contributed by atoms with van der Waals surface area (Å²) < 4.78 is 0. The van der Waals surface area contributed by atoms with Gasteiger partial charge in [-0.25, -0.2) is 9.97 Å². The van der Waals surface area contributed by atoms with E-state index in [0.717, 1.165) is 71.1 Å². The van der Waals surface area contributed by atoms with Crippen LogP contribution in [0.15, 0.2) is 46.4 Å². The molecule has 0 bridgehead atoms. The van der Waals surface area contributed by atoms with Crippen LogP contribution < -0.4 is 10.6 Å². The van der Waals surface area contributed by atoms with Crippen LogP contribution in [-0.4, -0.2) is 55.8 Å². The second-order valence-electron chi connectivity index (χ2n) is 12.2. The van der Waals surface area contributed by atoms with E-state index in [9.17, 15) is 0 Å². The lowest BCUT2D eigenvalue weighted by Crippen LogP contribution is -2.36. The smallest absolute Gasteiger partial charge is 0.128 e. The summed E-state index contributed by atoms with van der Waals surface area (Å²) in [5.74, 6) is 4.22. The summed E-state index contributed by atoms with van der Waals surface area (Å²) in [4.78, 5) is 26.8. The third-order valence-corrected chi connectivity index (χ3v) is 9.38. The number of rotatable bonds is 7. The molecule has 4 atom stereocenters. The zero-order chi connectivity index (χ0) is 26.5. The van der Waals surface area contributed by atoms with Gasteiger partial charge in [-0.1, -0.05) is 25.7 Å². The van der Waals surface area contributed by atoms with Crippen LogP contribution in [0.5, 0.6) is 0 Å². The van der Waals surface area contributed by atoms with Crippen LogP contribution in [0.4, 0.5) is 0 Å². The van der Waals surface area contributed by atoms with Crippen LogP contribution in [0.3, 0.4) is 0 Å². The van der Waals surface area contributed by atoms with Crippen molar-refractivity contribution >= 4 is 33.7 Å². The zero-order valence-electron chi connectivity index (χ0n) is 23.0. The van der Waals surface area contributed by atoms with Gasteiger partial charge in [0.2, 0.25) is 0 Å². The number of fused-ring (bicyclic) bond motifs is 4. The third-order valence-electron chi connectivity index (χ3n) is 9.38. The first-order valence-corrected chi connectivity index (χ1v) is 15.4. The summed E-state index contributed by atoms with van der Waals surface area (Å²) in [6, 6.07) is 14.9. The lowest BCUT2D eigenvalue weighted by Gasteiger charge is -2.23. The van der Waals surface area contributed by atoms with Gasteiger partial charge in [0.15, 0.2) is 0 Å². The van der Waals surface area contributed by atoms with Gasteiger partial charge in [-0.3, -0.25) is 9.98 Å². The van der Waals surface area contributed by atoms with Crippen molar-refractivity contribution in [1.82, 2.24) is 30.6 Å². The molecule has 4 N–H and O–H groups in total. The number of aryl methyl sites for hydroxylation is 2. The number of H-pyrrole nitrogens is 2. The van der Waals surface area contributed by atoms with Crippen LogP contribution in [0.2, 0.25) is 0 Å². The number of aliphatic imine (C=N–C) groups is 2. The number of amidine groups is 2. The fourth-order valence-electron chi connectivity index (χ4n) is 7.18. The van der Waals surface area contributed by atoms with Crippen molar-refractivity contribution in [3.63, 3.8) is 0 Å². The van der Waals surface area contributed by atoms with E-state index in [4.69, 9.17) is 20.0 Å². The fourth-order valence-corrected chi connectivity index (χ4v) is 7.18. The van der Waals surface area contributed by atoms with Crippen LogP contribution in [0.25, 0.3) is 22.1 Å². The molecule has 4 aliphatic rings. The van der Waals surface area contributed by atoms with Crippen molar-refractivity contribution < 1.29 is 0 Å². The molecule has 4 heterocycles. The summed E-state index contributed by atoms with van der Waals surface area (Å²) in [5.41, 5.74) is 6.59. The molecule has 2 fully saturated rings. The van der Waals surface area contributed by atoms with Gasteiger partial charge in [0.1, 0.15) is 23.3 Å². The molecule has 2 aliphatic carbocycles. The van der Waals surface area contributed by atoms with Gasteiger partial charge in [-0.15, -0.1) is 0 Å². The van der Waals surface area contributed by atoms with Crippen LogP contribution in [0, 0.1) is 0 Å². The maximum Gasteiger partial charge on any atom is 0.128 e. The molecule has 8 heteroatoms. The Morgan fingerprint density at radius 2 is 1.07 bits per heavy atom. The minimum atomic E-state index is 0.452. The van der Waals surface area contributed by atoms with E-state index in [0.29, 0.717) is 24.2 Å². The Kier molecular flexibility index (Phi) is 6.07. The van der Waals surface area contributed by atoms with Crippen LogP contribution in [-0.2, 0) is 12.8 Å². The molecule has 2 saturated carbocycles. The molecule has 0 spiro atoms. The van der Waals surface area contributed by atoms with Crippen molar-refractivity contribution in [2.24, 2.45) is 9.98 Å². The Labute approximate surface area is 234 Å². The average Bonchev–Trinajstić information content (AvgIpc) is 3.77. The van der Waals surface area contributed by atoms with Crippen molar-refractivity contribution in [2.45, 2.75) is 101 Å². The molecule has 0 unspecified atom stereocenters. The Morgan fingerprint density at radius 1 is 0.600 bits per heavy atom. The third kappa shape index (κ3) is 4.57. The first kappa shape index (κ1) is 24.1. The normalized spacial score (nSPS) is 25.8. The quantitative estimate of drug-likeness (QED) is 0.241. The number of unbranched alkanes of at least 4 members (excludes halogenated alkanes) is 1. The number of hydrogen-bond donors (Lipinski definition) is 4. The van der Waals surface area contributed by atoms with Crippen LogP contribution >= 0.6 is 0 Å². The number of aromatic amines is 2. The number of imidazole rings is 2. The predicted molar refractivity (Wildman–Crippen MR) is 160 cm³/mol. The number of benzene rings is 2. The number of nitrogens with zero attached hydrogens (tertiary/aromatic N) is 4. The molecule has 4 aromatic rings. The summed E-state index contributed by atoms with van der Waals surface area (Å²) in [6.07, 6.45) is 14.1. The number of hydrogen-bond acceptors (Lipinski definition) is 6. The maximum absolute atomic E-state index is 4.99. The van der Waals surface area contributed by atoms with E-state index in [1.807, 2.05) is 0 Å². The highest BCUT2D eigenvalue weighted by atomic mass is 15.1. The molecule has 2 aromatic heterocycles. The first-order valence-electron chi connectivity index (χ1n) is 15.4. The fraction of sp³-hybridized carbons (Fsp3) is 0.500. The van der Waals surface area contributed by atoms with E-state index in [1.54, 1.807) is 0 Å².